The zero-order valence-electron chi connectivity index (χ0n) is 11.3. The Labute approximate surface area is 124 Å². The van der Waals surface area contributed by atoms with Crippen LogP contribution in [0.4, 0.5) is 0 Å². The molecule has 7 heteroatoms. The van der Waals surface area contributed by atoms with Crippen molar-refractivity contribution in [3.8, 4) is 0 Å². The maximum absolute atomic E-state index is 12.6. The predicted molar refractivity (Wildman–Crippen MR) is 76.2 cm³/mol. The van der Waals surface area contributed by atoms with Gasteiger partial charge in [0, 0.05) is 20.2 Å². The third kappa shape index (κ3) is 3.15. The van der Waals surface area contributed by atoms with Crippen molar-refractivity contribution < 1.29 is 18.3 Å². The van der Waals surface area contributed by atoms with E-state index in [1.807, 2.05) is 0 Å². The van der Waals surface area contributed by atoms with Gasteiger partial charge in [0.2, 0.25) is 10.0 Å². The third-order valence-electron chi connectivity index (χ3n) is 3.53. The Morgan fingerprint density at radius 1 is 1.40 bits per heavy atom. The van der Waals surface area contributed by atoms with Crippen LogP contribution in [0.15, 0.2) is 23.1 Å². The zero-order valence-corrected chi connectivity index (χ0v) is 12.8. The number of piperidine rings is 1. The normalized spacial score (nSPS) is 18.4. The smallest absolute Gasteiger partial charge is 0.244 e. The van der Waals surface area contributed by atoms with Crippen LogP contribution in [-0.2, 0) is 21.4 Å². The van der Waals surface area contributed by atoms with Crippen LogP contribution >= 0.6 is 11.6 Å². The number of sulfonamides is 1. The Morgan fingerprint density at radius 3 is 2.60 bits per heavy atom. The first-order chi connectivity index (χ1) is 9.48. The van der Waals surface area contributed by atoms with Crippen LogP contribution in [0.3, 0.4) is 0 Å². The van der Waals surface area contributed by atoms with Gasteiger partial charge in [0.25, 0.3) is 0 Å². The quantitative estimate of drug-likeness (QED) is 0.916. The van der Waals surface area contributed by atoms with Gasteiger partial charge in [-0.25, -0.2) is 8.42 Å². The molecule has 5 nitrogen and oxygen atoms in total. The van der Waals surface area contributed by atoms with Crippen LogP contribution in [0.5, 0.6) is 0 Å². The lowest BCUT2D eigenvalue weighted by molar-refractivity contribution is 0.0604. The lowest BCUT2D eigenvalue weighted by atomic mass is 10.1. The van der Waals surface area contributed by atoms with Crippen molar-refractivity contribution in [1.82, 2.24) is 4.31 Å². The Bertz CT molecular complexity index is 568. The summed E-state index contributed by atoms with van der Waals surface area (Å²) in [4.78, 5) is 0.0570. The summed E-state index contributed by atoms with van der Waals surface area (Å²) in [7, 11) is -1.99. The average Bonchev–Trinajstić information content (AvgIpc) is 2.47. The number of rotatable bonds is 4. The summed E-state index contributed by atoms with van der Waals surface area (Å²) in [6, 6.07) is 4.54. The maximum Gasteiger partial charge on any atom is 0.244 e. The fraction of sp³-hybridized carbons (Fsp3) is 0.538. The summed E-state index contributed by atoms with van der Waals surface area (Å²) < 4.78 is 31.8. The number of aliphatic hydroxyl groups excluding tert-OH is 1. The van der Waals surface area contributed by atoms with Crippen LogP contribution in [0.25, 0.3) is 0 Å². The van der Waals surface area contributed by atoms with Gasteiger partial charge in [-0.3, -0.25) is 0 Å². The minimum atomic E-state index is -3.62. The molecule has 0 spiro atoms. The molecule has 0 bridgehead atoms. The molecule has 0 aliphatic carbocycles. The van der Waals surface area contributed by atoms with Crippen LogP contribution in [0.2, 0.25) is 5.02 Å². The molecule has 1 fully saturated rings. The van der Waals surface area contributed by atoms with Crippen molar-refractivity contribution in [2.75, 3.05) is 20.2 Å². The monoisotopic (exact) mass is 319 g/mol. The molecule has 1 saturated heterocycles. The summed E-state index contributed by atoms with van der Waals surface area (Å²) >= 11 is 6.00. The Kier molecular flexibility index (Phi) is 5.04. The van der Waals surface area contributed by atoms with Crippen molar-refractivity contribution in [2.45, 2.75) is 30.4 Å². The molecule has 0 atom stereocenters. The van der Waals surface area contributed by atoms with E-state index in [1.165, 1.54) is 16.4 Å². The van der Waals surface area contributed by atoms with Gasteiger partial charge in [-0.1, -0.05) is 17.7 Å². The van der Waals surface area contributed by atoms with Crippen molar-refractivity contribution in [2.24, 2.45) is 0 Å². The van der Waals surface area contributed by atoms with E-state index < -0.39 is 10.0 Å². The molecule has 0 unspecified atom stereocenters. The summed E-state index contributed by atoms with van der Waals surface area (Å²) in [6.07, 6.45) is 1.46. The van der Waals surface area contributed by atoms with E-state index in [4.69, 9.17) is 21.4 Å². The van der Waals surface area contributed by atoms with Gasteiger partial charge in [-0.2, -0.15) is 4.31 Å². The fourth-order valence-corrected chi connectivity index (χ4v) is 4.29. The van der Waals surface area contributed by atoms with Crippen molar-refractivity contribution in [3.63, 3.8) is 0 Å². The molecule has 0 saturated carbocycles. The second-order valence-electron chi connectivity index (χ2n) is 4.76. The lowest BCUT2D eigenvalue weighted by Crippen LogP contribution is -2.40. The summed E-state index contributed by atoms with van der Waals surface area (Å²) in [6.45, 7) is 0.618. The Morgan fingerprint density at radius 2 is 2.05 bits per heavy atom. The first-order valence-electron chi connectivity index (χ1n) is 6.41. The lowest BCUT2D eigenvalue weighted by Gasteiger charge is -2.30. The predicted octanol–water partition coefficient (Wildman–Crippen LogP) is 1.63. The standard InChI is InChI=1S/C13H18ClNO4S/c1-19-11-4-6-15(7-5-11)20(17,18)13-8-10(9-16)2-3-12(13)14/h2-3,8,11,16H,4-7,9H2,1H3. The largest absolute Gasteiger partial charge is 0.392 e. The minimum Gasteiger partial charge on any atom is -0.392 e. The zero-order chi connectivity index (χ0) is 14.8. The Hall–Kier alpha value is -0.660. The van der Waals surface area contributed by atoms with Gasteiger partial charge in [0.15, 0.2) is 0 Å². The molecule has 1 N–H and O–H groups in total. The number of hydrogen-bond acceptors (Lipinski definition) is 4. The Balaban J connectivity index is 2.27. The van der Waals surface area contributed by atoms with Crippen LogP contribution < -0.4 is 0 Å². The highest BCUT2D eigenvalue weighted by molar-refractivity contribution is 7.89. The van der Waals surface area contributed by atoms with Crippen LogP contribution in [-0.4, -0.2) is 44.1 Å². The van der Waals surface area contributed by atoms with E-state index in [0.29, 0.717) is 31.5 Å². The summed E-state index contributed by atoms with van der Waals surface area (Å²) in [5.41, 5.74) is 0.528. The van der Waals surface area contributed by atoms with Crippen LogP contribution in [0.1, 0.15) is 18.4 Å². The topological polar surface area (TPSA) is 66.8 Å². The summed E-state index contributed by atoms with van der Waals surface area (Å²) in [5.74, 6) is 0. The molecule has 1 heterocycles. The van der Waals surface area contributed by atoms with E-state index in [1.54, 1.807) is 13.2 Å². The SMILES string of the molecule is COC1CCN(S(=O)(=O)c2cc(CO)ccc2Cl)CC1. The van der Waals surface area contributed by atoms with Crippen LogP contribution in [0, 0.1) is 0 Å². The van der Waals surface area contributed by atoms with E-state index in [-0.39, 0.29) is 22.6 Å². The second-order valence-corrected chi connectivity index (χ2v) is 7.08. The molecule has 112 valence electrons. The fourth-order valence-electron chi connectivity index (χ4n) is 2.29. The molecule has 0 aromatic heterocycles. The number of benzene rings is 1. The molecule has 20 heavy (non-hydrogen) atoms. The van der Waals surface area contributed by atoms with Gasteiger partial charge in [-0.15, -0.1) is 0 Å². The number of methoxy groups -OCH3 is 1. The molecule has 1 aromatic carbocycles. The van der Waals surface area contributed by atoms with E-state index >= 15 is 0 Å². The molecule has 0 radical (unpaired) electrons. The van der Waals surface area contributed by atoms with E-state index in [0.717, 1.165) is 0 Å². The number of hydrogen-bond donors (Lipinski definition) is 1. The van der Waals surface area contributed by atoms with Gasteiger partial charge in [-0.05, 0) is 30.5 Å². The first-order valence-corrected chi connectivity index (χ1v) is 8.23. The third-order valence-corrected chi connectivity index (χ3v) is 5.91. The molecule has 1 aliphatic rings. The highest BCUT2D eigenvalue weighted by Gasteiger charge is 2.30. The van der Waals surface area contributed by atoms with Crippen molar-refractivity contribution >= 4 is 21.6 Å². The van der Waals surface area contributed by atoms with Gasteiger partial charge < -0.3 is 9.84 Å². The highest BCUT2D eigenvalue weighted by atomic mass is 35.5. The molecular weight excluding hydrogens is 302 g/mol. The maximum atomic E-state index is 12.6. The van der Waals surface area contributed by atoms with Crippen molar-refractivity contribution in [3.05, 3.63) is 28.8 Å². The second kappa shape index (κ2) is 6.41. The van der Waals surface area contributed by atoms with Gasteiger partial charge >= 0.3 is 0 Å². The molecule has 2 rings (SSSR count). The molecule has 0 amide bonds. The summed E-state index contributed by atoms with van der Waals surface area (Å²) in [5, 5.41) is 9.30. The van der Waals surface area contributed by atoms with Gasteiger partial charge in [0.05, 0.1) is 17.7 Å². The molecule has 1 aromatic rings. The van der Waals surface area contributed by atoms with E-state index in [9.17, 15) is 8.42 Å². The first kappa shape index (κ1) is 15.7. The average molecular weight is 320 g/mol. The van der Waals surface area contributed by atoms with Gasteiger partial charge in [0.1, 0.15) is 4.90 Å². The van der Waals surface area contributed by atoms with Crippen molar-refractivity contribution in [1.29, 1.82) is 0 Å². The number of halogens is 1. The number of ether oxygens (including phenoxy) is 1. The highest BCUT2D eigenvalue weighted by Crippen LogP contribution is 2.28. The number of nitrogens with zero attached hydrogens (tertiary/aromatic N) is 1. The molecule has 1 aliphatic heterocycles. The molecular formula is C13H18ClNO4S. The number of aliphatic hydroxyl groups is 1. The van der Waals surface area contributed by atoms with E-state index in [2.05, 4.69) is 0 Å². The minimum absolute atomic E-state index is 0.0570.